The van der Waals surface area contributed by atoms with Crippen molar-refractivity contribution in [1.29, 1.82) is 0 Å². The van der Waals surface area contributed by atoms with Crippen LogP contribution in [-0.4, -0.2) is 41.2 Å². The third kappa shape index (κ3) is 3.37. The van der Waals surface area contributed by atoms with E-state index in [4.69, 9.17) is 0 Å². The summed E-state index contributed by atoms with van der Waals surface area (Å²) in [7, 11) is 0. The van der Waals surface area contributed by atoms with Crippen LogP contribution in [-0.2, 0) is 4.79 Å². The SMILES string of the molecule is O=C(c1cccs1)N1CCC(C(=O)N2CCC[C@H]2c2cccs2)CC1. The van der Waals surface area contributed by atoms with Crippen molar-refractivity contribution in [2.45, 2.75) is 31.7 Å². The first kappa shape index (κ1) is 16.8. The minimum atomic E-state index is 0.0629. The van der Waals surface area contributed by atoms with Crippen LogP contribution >= 0.6 is 22.7 Å². The lowest BCUT2D eigenvalue weighted by molar-refractivity contribution is -0.137. The van der Waals surface area contributed by atoms with Crippen molar-refractivity contribution in [3.8, 4) is 0 Å². The molecule has 2 aromatic rings. The molecule has 2 amide bonds. The van der Waals surface area contributed by atoms with Crippen molar-refractivity contribution in [3.63, 3.8) is 0 Å². The van der Waals surface area contributed by atoms with Gasteiger partial charge in [-0.1, -0.05) is 12.1 Å². The first-order valence-corrected chi connectivity index (χ1v) is 10.7. The van der Waals surface area contributed by atoms with E-state index >= 15 is 0 Å². The Balaban J connectivity index is 1.37. The molecule has 6 heteroatoms. The molecular weight excluding hydrogens is 352 g/mol. The summed E-state index contributed by atoms with van der Waals surface area (Å²) in [6, 6.07) is 8.25. The first-order valence-electron chi connectivity index (χ1n) is 8.90. The molecule has 0 unspecified atom stereocenters. The van der Waals surface area contributed by atoms with E-state index < -0.39 is 0 Å². The Morgan fingerprint density at radius 1 is 0.960 bits per heavy atom. The van der Waals surface area contributed by atoms with Gasteiger partial charge in [-0.05, 0) is 48.6 Å². The van der Waals surface area contributed by atoms with Crippen molar-refractivity contribution in [1.82, 2.24) is 9.80 Å². The summed E-state index contributed by atoms with van der Waals surface area (Å²) < 4.78 is 0. The maximum absolute atomic E-state index is 13.0. The van der Waals surface area contributed by atoms with Gasteiger partial charge in [-0.2, -0.15) is 0 Å². The molecule has 132 valence electrons. The third-order valence-electron chi connectivity index (χ3n) is 5.27. The highest BCUT2D eigenvalue weighted by Crippen LogP contribution is 2.36. The first-order chi connectivity index (χ1) is 12.2. The Kier molecular flexibility index (Phi) is 4.90. The van der Waals surface area contributed by atoms with Crippen LogP contribution in [0.3, 0.4) is 0 Å². The number of likely N-dealkylation sites (tertiary alicyclic amines) is 2. The molecule has 0 radical (unpaired) electrons. The van der Waals surface area contributed by atoms with Gasteiger partial charge in [0.25, 0.3) is 5.91 Å². The van der Waals surface area contributed by atoms with Gasteiger partial charge >= 0.3 is 0 Å². The number of piperidine rings is 1. The third-order valence-corrected chi connectivity index (χ3v) is 7.10. The van der Waals surface area contributed by atoms with Crippen LogP contribution in [0.4, 0.5) is 0 Å². The minimum Gasteiger partial charge on any atom is -0.338 e. The van der Waals surface area contributed by atoms with Gasteiger partial charge in [0.15, 0.2) is 0 Å². The van der Waals surface area contributed by atoms with Crippen molar-refractivity contribution in [2.75, 3.05) is 19.6 Å². The molecule has 4 nitrogen and oxygen atoms in total. The fourth-order valence-corrected chi connectivity index (χ4v) is 5.49. The average molecular weight is 375 g/mol. The van der Waals surface area contributed by atoms with E-state index in [2.05, 4.69) is 22.4 Å². The van der Waals surface area contributed by atoms with Crippen molar-refractivity contribution in [3.05, 3.63) is 44.8 Å². The van der Waals surface area contributed by atoms with Gasteiger partial charge in [-0.15, -0.1) is 22.7 Å². The fourth-order valence-electron chi connectivity index (χ4n) is 3.93. The molecule has 2 fully saturated rings. The van der Waals surface area contributed by atoms with Crippen molar-refractivity contribution < 1.29 is 9.59 Å². The largest absolute Gasteiger partial charge is 0.338 e. The molecule has 4 rings (SSSR count). The highest BCUT2D eigenvalue weighted by atomic mass is 32.1. The van der Waals surface area contributed by atoms with Gasteiger partial charge in [-0.3, -0.25) is 9.59 Å². The number of hydrogen-bond donors (Lipinski definition) is 0. The smallest absolute Gasteiger partial charge is 0.263 e. The summed E-state index contributed by atoms with van der Waals surface area (Å²) in [5.41, 5.74) is 0. The summed E-state index contributed by atoms with van der Waals surface area (Å²) in [6.07, 6.45) is 3.72. The van der Waals surface area contributed by atoms with Crippen LogP contribution in [0.1, 0.15) is 46.3 Å². The second-order valence-electron chi connectivity index (χ2n) is 6.75. The molecule has 0 aliphatic carbocycles. The summed E-state index contributed by atoms with van der Waals surface area (Å²) in [5.74, 6) is 0.464. The number of rotatable bonds is 3. The molecule has 0 spiro atoms. The zero-order chi connectivity index (χ0) is 17.2. The van der Waals surface area contributed by atoms with E-state index in [1.54, 1.807) is 11.3 Å². The molecule has 2 saturated heterocycles. The molecular formula is C19H22N2O2S2. The lowest BCUT2D eigenvalue weighted by atomic mass is 9.94. The van der Waals surface area contributed by atoms with E-state index in [1.807, 2.05) is 22.4 Å². The molecule has 4 heterocycles. The van der Waals surface area contributed by atoms with Gasteiger partial charge in [0.05, 0.1) is 10.9 Å². The second kappa shape index (κ2) is 7.30. The van der Waals surface area contributed by atoms with Crippen molar-refractivity contribution >= 4 is 34.5 Å². The number of carbonyl (C=O) groups excluding carboxylic acids is 2. The zero-order valence-corrected chi connectivity index (χ0v) is 15.7. The maximum atomic E-state index is 13.0. The van der Waals surface area contributed by atoms with E-state index in [1.165, 1.54) is 16.2 Å². The maximum Gasteiger partial charge on any atom is 0.263 e. The normalized spacial score (nSPS) is 21.7. The highest BCUT2D eigenvalue weighted by molar-refractivity contribution is 7.12. The molecule has 25 heavy (non-hydrogen) atoms. The minimum absolute atomic E-state index is 0.0629. The summed E-state index contributed by atoms with van der Waals surface area (Å²) in [6.45, 7) is 2.24. The molecule has 0 bridgehead atoms. The summed E-state index contributed by atoms with van der Waals surface area (Å²) in [4.78, 5) is 31.6. The Labute approximate surface area is 156 Å². The predicted molar refractivity (Wildman–Crippen MR) is 101 cm³/mol. The summed E-state index contributed by atoms with van der Waals surface area (Å²) in [5, 5.41) is 4.02. The van der Waals surface area contributed by atoms with Crippen LogP contribution in [0, 0.1) is 5.92 Å². The molecule has 0 saturated carbocycles. The molecule has 0 aromatic carbocycles. The van der Waals surface area contributed by atoms with E-state index in [0.717, 1.165) is 37.1 Å². The van der Waals surface area contributed by atoms with Crippen molar-refractivity contribution in [2.24, 2.45) is 5.92 Å². The Hall–Kier alpha value is -1.66. The molecule has 2 aliphatic heterocycles. The van der Waals surface area contributed by atoms with Gasteiger partial charge in [0.2, 0.25) is 5.91 Å². The number of hydrogen-bond acceptors (Lipinski definition) is 4. The van der Waals surface area contributed by atoms with E-state index in [-0.39, 0.29) is 17.9 Å². The molecule has 0 N–H and O–H groups in total. The van der Waals surface area contributed by atoms with Crippen LogP contribution in [0.15, 0.2) is 35.0 Å². The molecule has 2 aliphatic rings. The number of thiophene rings is 2. The summed E-state index contributed by atoms with van der Waals surface area (Å²) >= 11 is 3.23. The van der Waals surface area contributed by atoms with Gasteiger partial charge < -0.3 is 9.80 Å². The topological polar surface area (TPSA) is 40.6 Å². The molecule has 1 atom stereocenters. The predicted octanol–water partition coefficient (Wildman–Crippen LogP) is 4.03. The highest BCUT2D eigenvalue weighted by Gasteiger charge is 2.36. The Bertz CT molecular complexity index is 719. The Morgan fingerprint density at radius 2 is 1.72 bits per heavy atom. The lowest BCUT2D eigenvalue weighted by Gasteiger charge is -2.34. The lowest BCUT2D eigenvalue weighted by Crippen LogP contribution is -2.44. The van der Waals surface area contributed by atoms with Gasteiger partial charge in [0.1, 0.15) is 0 Å². The monoisotopic (exact) mass is 374 g/mol. The van der Waals surface area contributed by atoms with Gasteiger partial charge in [-0.25, -0.2) is 0 Å². The Morgan fingerprint density at radius 3 is 2.40 bits per heavy atom. The van der Waals surface area contributed by atoms with E-state index in [9.17, 15) is 9.59 Å². The fraction of sp³-hybridized carbons (Fsp3) is 0.474. The number of carbonyl (C=O) groups is 2. The second-order valence-corrected chi connectivity index (χ2v) is 8.68. The number of nitrogens with zero attached hydrogens (tertiary/aromatic N) is 2. The van der Waals surface area contributed by atoms with Crippen LogP contribution in [0.2, 0.25) is 0 Å². The van der Waals surface area contributed by atoms with Crippen LogP contribution < -0.4 is 0 Å². The number of amides is 2. The zero-order valence-electron chi connectivity index (χ0n) is 14.1. The van der Waals surface area contributed by atoms with Crippen LogP contribution in [0.5, 0.6) is 0 Å². The van der Waals surface area contributed by atoms with Crippen LogP contribution in [0.25, 0.3) is 0 Å². The quantitative estimate of drug-likeness (QED) is 0.814. The molecule has 2 aromatic heterocycles. The van der Waals surface area contributed by atoms with E-state index in [0.29, 0.717) is 19.0 Å². The standard InChI is InChI=1S/C19H22N2O2S2/c22-18(21-9-1-4-15(21)16-5-2-12-24-16)14-7-10-20(11-8-14)19(23)17-6-3-13-25-17/h2-3,5-6,12-15H,1,4,7-11H2/t15-/m0/s1. The van der Waals surface area contributed by atoms with Gasteiger partial charge in [0, 0.05) is 30.4 Å². The average Bonchev–Trinajstić information content (AvgIpc) is 3.42.